The number of anilines is 2. The summed E-state index contributed by atoms with van der Waals surface area (Å²) in [7, 11) is 0. The van der Waals surface area contributed by atoms with Crippen LogP contribution in [0.15, 0.2) is 52.9 Å². The van der Waals surface area contributed by atoms with E-state index in [4.69, 9.17) is 0 Å². The Morgan fingerprint density at radius 2 is 2.00 bits per heavy atom. The molecule has 0 aliphatic heterocycles. The molecule has 22 heavy (non-hydrogen) atoms. The minimum absolute atomic E-state index is 0.183. The number of aryl methyl sites for hydroxylation is 1. The molecule has 3 aromatic rings. The summed E-state index contributed by atoms with van der Waals surface area (Å²) in [5, 5.41) is 12.2. The number of hydrogen-bond donors (Lipinski definition) is 1. The highest BCUT2D eigenvalue weighted by Gasteiger charge is 2.07. The summed E-state index contributed by atoms with van der Waals surface area (Å²) < 4.78 is 14.4. The molecule has 0 saturated heterocycles. The number of aromatic nitrogens is 2. The molecule has 0 fully saturated rings. The van der Waals surface area contributed by atoms with Crippen LogP contribution in [-0.2, 0) is 5.75 Å². The Bertz CT molecular complexity index is 773. The summed E-state index contributed by atoms with van der Waals surface area (Å²) in [5.41, 5.74) is 2.85. The van der Waals surface area contributed by atoms with Gasteiger partial charge in [0.05, 0.1) is 0 Å². The SMILES string of the molecule is Cc1cccc(Nc2nnc(SCc3ccccc3F)s2)c1. The van der Waals surface area contributed by atoms with E-state index in [9.17, 15) is 4.39 Å². The molecule has 0 unspecified atom stereocenters. The van der Waals surface area contributed by atoms with E-state index in [0.717, 1.165) is 15.2 Å². The Morgan fingerprint density at radius 3 is 2.82 bits per heavy atom. The van der Waals surface area contributed by atoms with Gasteiger partial charge in [0.25, 0.3) is 0 Å². The van der Waals surface area contributed by atoms with Gasteiger partial charge in [-0.1, -0.05) is 53.4 Å². The maximum absolute atomic E-state index is 13.6. The van der Waals surface area contributed by atoms with Crippen molar-refractivity contribution in [2.24, 2.45) is 0 Å². The molecule has 2 aromatic carbocycles. The van der Waals surface area contributed by atoms with Crippen LogP contribution < -0.4 is 5.32 Å². The molecule has 1 heterocycles. The van der Waals surface area contributed by atoms with Gasteiger partial charge < -0.3 is 5.32 Å². The molecule has 1 N–H and O–H groups in total. The number of nitrogens with zero attached hydrogens (tertiary/aromatic N) is 2. The van der Waals surface area contributed by atoms with E-state index in [0.29, 0.717) is 11.3 Å². The van der Waals surface area contributed by atoms with Crippen LogP contribution in [0.4, 0.5) is 15.2 Å². The largest absolute Gasteiger partial charge is 0.330 e. The second-order valence-electron chi connectivity index (χ2n) is 4.75. The first-order valence-corrected chi connectivity index (χ1v) is 8.54. The normalized spacial score (nSPS) is 10.6. The highest BCUT2D eigenvalue weighted by atomic mass is 32.2. The molecule has 3 nitrogen and oxygen atoms in total. The molecule has 0 radical (unpaired) electrons. The maximum Gasteiger partial charge on any atom is 0.210 e. The maximum atomic E-state index is 13.6. The third kappa shape index (κ3) is 3.84. The van der Waals surface area contributed by atoms with Crippen LogP contribution in [0, 0.1) is 12.7 Å². The molecule has 0 aliphatic carbocycles. The topological polar surface area (TPSA) is 37.8 Å². The average molecular weight is 331 g/mol. The smallest absolute Gasteiger partial charge is 0.210 e. The van der Waals surface area contributed by atoms with Gasteiger partial charge in [-0.2, -0.15) is 0 Å². The van der Waals surface area contributed by atoms with Gasteiger partial charge in [-0.15, -0.1) is 10.2 Å². The second-order valence-corrected chi connectivity index (χ2v) is 6.95. The Balaban J connectivity index is 1.63. The van der Waals surface area contributed by atoms with Crippen molar-refractivity contribution >= 4 is 33.9 Å². The van der Waals surface area contributed by atoms with E-state index >= 15 is 0 Å². The lowest BCUT2D eigenvalue weighted by molar-refractivity contribution is 0.617. The molecule has 0 aliphatic rings. The Labute approximate surface area is 136 Å². The van der Waals surface area contributed by atoms with E-state index in [1.54, 1.807) is 12.1 Å². The second kappa shape index (κ2) is 6.89. The van der Waals surface area contributed by atoms with Gasteiger partial charge in [-0.25, -0.2) is 4.39 Å². The fourth-order valence-corrected chi connectivity index (χ4v) is 3.68. The van der Waals surface area contributed by atoms with E-state index in [1.165, 1.54) is 34.7 Å². The number of halogens is 1. The molecule has 1 aromatic heterocycles. The number of thioether (sulfide) groups is 1. The molecule has 0 atom stereocenters. The van der Waals surface area contributed by atoms with Crippen LogP contribution in [0.2, 0.25) is 0 Å². The highest BCUT2D eigenvalue weighted by Crippen LogP contribution is 2.30. The Morgan fingerprint density at radius 1 is 1.14 bits per heavy atom. The Hall–Kier alpha value is -1.92. The van der Waals surface area contributed by atoms with Crippen molar-refractivity contribution in [3.63, 3.8) is 0 Å². The van der Waals surface area contributed by atoms with Crippen molar-refractivity contribution < 1.29 is 4.39 Å². The van der Waals surface area contributed by atoms with Crippen LogP contribution in [0.25, 0.3) is 0 Å². The molecular formula is C16H14FN3S2. The minimum atomic E-state index is -0.183. The van der Waals surface area contributed by atoms with Gasteiger partial charge in [0.15, 0.2) is 4.34 Å². The summed E-state index contributed by atoms with van der Waals surface area (Å²) in [4.78, 5) is 0. The third-order valence-electron chi connectivity index (χ3n) is 2.98. The van der Waals surface area contributed by atoms with Gasteiger partial charge in [0.1, 0.15) is 5.82 Å². The molecule has 0 spiro atoms. The molecule has 112 valence electrons. The first-order valence-electron chi connectivity index (χ1n) is 6.74. The van der Waals surface area contributed by atoms with Gasteiger partial charge >= 0.3 is 0 Å². The number of nitrogens with one attached hydrogen (secondary N) is 1. The van der Waals surface area contributed by atoms with E-state index in [1.807, 2.05) is 37.3 Å². The van der Waals surface area contributed by atoms with E-state index in [2.05, 4.69) is 15.5 Å². The van der Waals surface area contributed by atoms with Gasteiger partial charge in [0.2, 0.25) is 5.13 Å². The zero-order valence-electron chi connectivity index (χ0n) is 11.9. The standard InChI is InChI=1S/C16H14FN3S2/c1-11-5-4-7-13(9-11)18-15-19-20-16(22-15)21-10-12-6-2-3-8-14(12)17/h2-9H,10H2,1H3,(H,18,19). The quantitative estimate of drug-likeness (QED) is 0.666. The predicted molar refractivity (Wildman–Crippen MR) is 90.3 cm³/mol. The van der Waals surface area contributed by atoms with Gasteiger partial charge in [-0.05, 0) is 36.2 Å². The zero-order valence-corrected chi connectivity index (χ0v) is 13.5. The average Bonchev–Trinajstić information content (AvgIpc) is 2.94. The van der Waals surface area contributed by atoms with Gasteiger partial charge in [-0.3, -0.25) is 0 Å². The van der Waals surface area contributed by atoms with Crippen LogP contribution >= 0.6 is 23.1 Å². The van der Waals surface area contributed by atoms with Crippen LogP contribution in [0.5, 0.6) is 0 Å². The van der Waals surface area contributed by atoms with Crippen molar-refractivity contribution in [3.05, 3.63) is 65.5 Å². The summed E-state index contributed by atoms with van der Waals surface area (Å²) in [6.45, 7) is 2.04. The molecule has 0 bridgehead atoms. The van der Waals surface area contributed by atoms with E-state index < -0.39 is 0 Å². The lowest BCUT2D eigenvalue weighted by atomic mass is 10.2. The zero-order chi connectivity index (χ0) is 15.4. The highest BCUT2D eigenvalue weighted by molar-refractivity contribution is 8.00. The first kappa shape index (κ1) is 15.0. The third-order valence-corrected chi connectivity index (χ3v) is 5.01. The summed E-state index contributed by atoms with van der Waals surface area (Å²) in [6.07, 6.45) is 0. The fraction of sp³-hybridized carbons (Fsp3) is 0.125. The summed E-state index contributed by atoms with van der Waals surface area (Å²) >= 11 is 2.95. The van der Waals surface area contributed by atoms with Crippen molar-refractivity contribution in [2.45, 2.75) is 17.0 Å². The minimum Gasteiger partial charge on any atom is -0.330 e. The first-order chi connectivity index (χ1) is 10.7. The van der Waals surface area contributed by atoms with Gasteiger partial charge in [0, 0.05) is 11.4 Å². The lowest BCUT2D eigenvalue weighted by Gasteiger charge is -2.02. The molecule has 6 heteroatoms. The summed E-state index contributed by atoms with van der Waals surface area (Å²) in [5.74, 6) is 0.365. The monoisotopic (exact) mass is 331 g/mol. The Kier molecular flexibility index (Phi) is 4.70. The molecule has 3 rings (SSSR count). The van der Waals surface area contributed by atoms with E-state index in [-0.39, 0.29) is 5.82 Å². The van der Waals surface area contributed by atoms with Crippen LogP contribution in [0.3, 0.4) is 0 Å². The van der Waals surface area contributed by atoms with Crippen molar-refractivity contribution in [3.8, 4) is 0 Å². The molecular weight excluding hydrogens is 317 g/mol. The van der Waals surface area contributed by atoms with Crippen LogP contribution in [0.1, 0.15) is 11.1 Å². The number of benzene rings is 2. The number of hydrogen-bond acceptors (Lipinski definition) is 5. The van der Waals surface area contributed by atoms with Crippen molar-refractivity contribution in [1.29, 1.82) is 0 Å². The molecule has 0 amide bonds. The number of rotatable bonds is 5. The molecule has 0 saturated carbocycles. The lowest BCUT2D eigenvalue weighted by Crippen LogP contribution is -1.89. The predicted octanol–water partition coefficient (Wildman–Crippen LogP) is 5.02. The fourth-order valence-electron chi connectivity index (χ4n) is 1.92. The van der Waals surface area contributed by atoms with Crippen LogP contribution in [-0.4, -0.2) is 10.2 Å². The van der Waals surface area contributed by atoms with Crippen molar-refractivity contribution in [1.82, 2.24) is 10.2 Å². The van der Waals surface area contributed by atoms with Crippen molar-refractivity contribution in [2.75, 3.05) is 5.32 Å². The summed E-state index contributed by atoms with van der Waals surface area (Å²) in [6, 6.07) is 14.9.